The van der Waals surface area contributed by atoms with Crippen molar-refractivity contribution in [1.82, 2.24) is 0 Å². The molecule has 2 aromatic rings. The molecule has 0 heterocycles. The molecular weight excluding hydrogens is 332 g/mol. The van der Waals surface area contributed by atoms with E-state index in [1.165, 1.54) is 36.4 Å². The van der Waals surface area contributed by atoms with Crippen LogP contribution in [0, 0.1) is 20.8 Å². The van der Waals surface area contributed by atoms with Gasteiger partial charge in [-0.2, -0.15) is 0 Å². The zero-order valence-electron chi connectivity index (χ0n) is 15.3. The summed E-state index contributed by atoms with van der Waals surface area (Å²) in [5.41, 5.74) is 4.88. The molecule has 5 nitrogen and oxygen atoms in total. The number of ketones is 1. The second-order valence-electron chi connectivity index (χ2n) is 6.02. The first kappa shape index (κ1) is 19.2. The lowest BCUT2D eigenvalue weighted by molar-refractivity contribution is -0.307. The van der Waals surface area contributed by atoms with Crippen LogP contribution in [-0.4, -0.2) is 25.5 Å². The number of allylic oxidation sites excluding steroid dienone is 1. The van der Waals surface area contributed by atoms with Gasteiger partial charge in [-0.1, -0.05) is 18.2 Å². The predicted octanol–water partition coefficient (Wildman–Crippen LogP) is 2.65. The molecule has 2 rings (SSSR count). The minimum Gasteiger partial charge on any atom is -0.546 e. The molecule has 5 heteroatoms. The molecule has 136 valence electrons. The number of hydrogen-bond acceptors (Lipinski definition) is 5. The topological polar surface area (TPSA) is 75.7 Å². The van der Waals surface area contributed by atoms with Crippen molar-refractivity contribution in [2.45, 2.75) is 20.8 Å². The number of rotatable bonds is 7. The molecule has 2 aromatic carbocycles. The fraction of sp³-hybridized carbons (Fsp3) is 0.238. The molecule has 0 atom stereocenters. The summed E-state index contributed by atoms with van der Waals surface area (Å²) < 4.78 is 10.2. The Kier molecular flexibility index (Phi) is 6.17. The van der Waals surface area contributed by atoms with Gasteiger partial charge in [0, 0.05) is 5.56 Å². The number of aryl methyl sites for hydroxylation is 3. The molecule has 0 radical (unpaired) electrons. The lowest BCUT2D eigenvalue weighted by atomic mass is 10.00. The number of carbonyl (C=O) groups excluding carboxylic acids is 2. The summed E-state index contributed by atoms with van der Waals surface area (Å²) in [6.45, 7) is 5.50. The van der Waals surface area contributed by atoms with E-state index in [1.807, 2.05) is 19.9 Å². The van der Waals surface area contributed by atoms with Crippen molar-refractivity contribution in [2.75, 3.05) is 13.7 Å². The first-order valence-corrected chi connectivity index (χ1v) is 8.12. The number of carbonyl (C=O) groups is 2. The van der Waals surface area contributed by atoms with Crippen LogP contribution in [-0.2, 0) is 4.79 Å². The van der Waals surface area contributed by atoms with Crippen LogP contribution in [0.1, 0.15) is 32.6 Å². The summed E-state index contributed by atoms with van der Waals surface area (Å²) in [5, 5.41) is 10.5. The quantitative estimate of drug-likeness (QED) is 0.565. The third-order valence-electron chi connectivity index (χ3n) is 4.09. The predicted molar refractivity (Wildman–Crippen MR) is 97.5 cm³/mol. The molecular formula is C21H21O5-. The summed E-state index contributed by atoms with van der Waals surface area (Å²) in [6, 6.07) is 8.72. The van der Waals surface area contributed by atoms with Crippen molar-refractivity contribution in [3.8, 4) is 11.5 Å². The van der Waals surface area contributed by atoms with Gasteiger partial charge in [0.2, 0.25) is 0 Å². The molecule has 0 N–H and O–H groups in total. The van der Waals surface area contributed by atoms with Crippen molar-refractivity contribution in [1.29, 1.82) is 0 Å². The Morgan fingerprint density at radius 3 is 2.35 bits per heavy atom. The number of hydrogen-bond donors (Lipinski definition) is 0. The Hall–Kier alpha value is -3.08. The summed E-state index contributed by atoms with van der Waals surface area (Å²) in [4.78, 5) is 22.9. The lowest BCUT2D eigenvalue weighted by Gasteiger charge is -2.11. The molecule has 0 aromatic heterocycles. The van der Waals surface area contributed by atoms with Crippen LogP contribution in [0.25, 0.3) is 6.08 Å². The summed E-state index contributed by atoms with van der Waals surface area (Å²) in [7, 11) is 1.42. The molecule has 0 amide bonds. The van der Waals surface area contributed by atoms with Gasteiger partial charge < -0.3 is 19.4 Å². The van der Waals surface area contributed by atoms with E-state index in [9.17, 15) is 14.7 Å². The first-order chi connectivity index (χ1) is 12.3. The van der Waals surface area contributed by atoms with Crippen molar-refractivity contribution in [3.63, 3.8) is 0 Å². The second-order valence-corrected chi connectivity index (χ2v) is 6.02. The van der Waals surface area contributed by atoms with Crippen molar-refractivity contribution in [2.24, 2.45) is 0 Å². The zero-order chi connectivity index (χ0) is 19.3. The van der Waals surface area contributed by atoms with Crippen LogP contribution in [0.4, 0.5) is 0 Å². The third kappa shape index (κ3) is 4.72. The monoisotopic (exact) mass is 353 g/mol. The van der Waals surface area contributed by atoms with Crippen LogP contribution >= 0.6 is 0 Å². The van der Waals surface area contributed by atoms with E-state index < -0.39 is 12.6 Å². The van der Waals surface area contributed by atoms with Gasteiger partial charge in [-0.05, 0) is 67.3 Å². The average molecular weight is 353 g/mol. The number of carboxylic acids is 1. The van der Waals surface area contributed by atoms with E-state index >= 15 is 0 Å². The van der Waals surface area contributed by atoms with Crippen molar-refractivity contribution < 1.29 is 24.2 Å². The number of methoxy groups -OCH3 is 1. The number of carboxylic acid groups (broad SMARTS) is 1. The molecule has 0 saturated carbocycles. The molecule has 0 bridgehead atoms. The van der Waals surface area contributed by atoms with E-state index in [1.54, 1.807) is 12.1 Å². The van der Waals surface area contributed by atoms with Gasteiger partial charge in [0.15, 0.2) is 17.3 Å². The Morgan fingerprint density at radius 1 is 1.00 bits per heavy atom. The third-order valence-corrected chi connectivity index (χ3v) is 4.09. The summed E-state index contributed by atoms with van der Waals surface area (Å²) >= 11 is 0. The summed E-state index contributed by atoms with van der Waals surface area (Å²) in [5.74, 6) is -0.999. The highest BCUT2D eigenvalue weighted by molar-refractivity contribution is 6.07. The Balaban J connectivity index is 2.21. The number of aliphatic carboxylic acids is 1. The standard InChI is InChI=1S/C21H22O5/c1-13-9-15(3)16(10-14(13)2)5-7-18(22)17-6-8-19(20(11-17)25-4)26-12-21(23)24/h5-11H,12H2,1-4H3,(H,23,24)/p-1/b7-5+. The SMILES string of the molecule is COc1cc(C(=O)/C=C/c2cc(C)c(C)cc2C)ccc1OCC(=O)[O-]. The largest absolute Gasteiger partial charge is 0.546 e. The van der Waals surface area contributed by atoms with Crippen LogP contribution in [0.5, 0.6) is 11.5 Å². The number of ether oxygens (including phenoxy) is 2. The van der Waals surface area contributed by atoms with Crippen molar-refractivity contribution >= 4 is 17.8 Å². The molecule has 0 aliphatic carbocycles. The van der Waals surface area contributed by atoms with Crippen LogP contribution in [0.2, 0.25) is 0 Å². The van der Waals surface area contributed by atoms with Crippen LogP contribution in [0.3, 0.4) is 0 Å². The van der Waals surface area contributed by atoms with E-state index in [0.717, 1.165) is 11.1 Å². The van der Waals surface area contributed by atoms with E-state index in [0.29, 0.717) is 5.56 Å². The first-order valence-electron chi connectivity index (χ1n) is 8.12. The van der Waals surface area contributed by atoms with Gasteiger partial charge in [0.1, 0.15) is 6.61 Å². The Labute approximate surface area is 152 Å². The minimum absolute atomic E-state index is 0.188. The maximum absolute atomic E-state index is 12.4. The fourth-order valence-electron chi connectivity index (χ4n) is 2.50. The average Bonchev–Trinajstić information content (AvgIpc) is 2.61. The second kappa shape index (κ2) is 8.34. The molecule has 0 unspecified atom stereocenters. The highest BCUT2D eigenvalue weighted by Gasteiger charge is 2.10. The van der Waals surface area contributed by atoms with Gasteiger partial charge in [-0.3, -0.25) is 4.79 Å². The highest BCUT2D eigenvalue weighted by atomic mass is 16.5. The molecule has 0 spiro atoms. The summed E-state index contributed by atoms with van der Waals surface area (Å²) in [6.07, 6.45) is 3.30. The maximum Gasteiger partial charge on any atom is 0.185 e. The smallest absolute Gasteiger partial charge is 0.185 e. The van der Waals surface area contributed by atoms with Gasteiger partial charge in [0.25, 0.3) is 0 Å². The van der Waals surface area contributed by atoms with E-state index in [2.05, 4.69) is 13.0 Å². The van der Waals surface area contributed by atoms with Crippen LogP contribution in [0.15, 0.2) is 36.4 Å². The minimum atomic E-state index is -1.33. The van der Waals surface area contributed by atoms with Crippen molar-refractivity contribution in [3.05, 3.63) is 64.2 Å². The van der Waals surface area contributed by atoms with E-state index in [4.69, 9.17) is 9.47 Å². The molecule has 0 saturated heterocycles. The zero-order valence-corrected chi connectivity index (χ0v) is 15.3. The molecule has 0 aliphatic rings. The van der Waals surface area contributed by atoms with Gasteiger partial charge in [-0.25, -0.2) is 0 Å². The van der Waals surface area contributed by atoms with E-state index in [-0.39, 0.29) is 17.3 Å². The lowest BCUT2D eigenvalue weighted by Crippen LogP contribution is -2.29. The number of benzene rings is 2. The van der Waals surface area contributed by atoms with Gasteiger partial charge in [-0.15, -0.1) is 0 Å². The Morgan fingerprint density at radius 2 is 1.69 bits per heavy atom. The fourth-order valence-corrected chi connectivity index (χ4v) is 2.50. The van der Waals surface area contributed by atoms with Crippen LogP contribution < -0.4 is 14.6 Å². The van der Waals surface area contributed by atoms with Gasteiger partial charge in [0.05, 0.1) is 13.1 Å². The highest BCUT2D eigenvalue weighted by Crippen LogP contribution is 2.28. The molecule has 26 heavy (non-hydrogen) atoms. The molecule has 0 fully saturated rings. The Bertz CT molecular complexity index is 865. The van der Waals surface area contributed by atoms with Gasteiger partial charge >= 0.3 is 0 Å². The molecule has 0 aliphatic heterocycles. The normalized spacial score (nSPS) is 10.8. The maximum atomic E-state index is 12.4.